The summed E-state index contributed by atoms with van der Waals surface area (Å²) in [6.07, 6.45) is 1.30. The first-order chi connectivity index (χ1) is 8.53. The Bertz CT molecular complexity index is 390. The summed E-state index contributed by atoms with van der Waals surface area (Å²) in [5, 5.41) is 20.7. The van der Waals surface area contributed by atoms with Crippen molar-refractivity contribution in [1.29, 1.82) is 0 Å². The van der Waals surface area contributed by atoms with Crippen molar-refractivity contribution in [2.75, 3.05) is 19.5 Å². The van der Waals surface area contributed by atoms with E-state index in [1.54, 1.807) is 0 Å². The zero-order valence-corrected chi connectivity index (χ0v) is 12.6. The van der Waals surface area contributed by atoms with Crippen LogP contribution in [0.25, 0.3) is 0 Å². The molecule has 0 saturated heterocycles. The van der Waals surface area contributed by atoms with Crippen LogP contribution in [0.1, 0.15) is 27.2 Å². The predicted octanol–water partition coefficient (Wildman–Crippen LogP) is -1.19. The molecule has 0 aliphatic carbocycles. The zero-order chi connectivity index (χ0) is 15.3. The summed E-state index contributed by atoms with van der Waals surface area (Å²) in [5.74, 6) is -0.454. The van der Waals surface area contributed by atoms with Crippen LogP contribution in [0.5, 0.6) is 0 Å². The van der Waals surface area contributed by atoms with Crippen molar-refractivity contribution in [2.45, 2.75) is 38.8 Å². The molecule has 0 bridgehead atoms. The number of aliphatic hydroxyl groups excluding tert-OH is 2. The fourth-order valence-corrected chi connectivity index (χ4v) is 2.17. The molecule has 7 nitrogen and oxygen atoms in total. The van der Waals surface area contributed by atoms with Gasteiger partial charge in [-0.05, 0) is 19.3 Å². The fraction of sp³-hybridized carbons (Fsp3) is 0.909. The molecule has 0 aromatic carbocycles. The third kappa shape index (κ3) is 7.46. The summed E-state index contributed by atoms with van der Waals surface area (Å²) < 4.78 is 24.7. The van der Waals surface area contributed by atoms with Crippen molar-refractivity contribution >= 4 is 15.9 Å². The first kappa shape index (κ1) is 18.3. The highest BCUT2D eigenvalue weighted by atomic mass is 32.2. The quantitative estimate of drug-likeness (QED) is 0.449. The Balaban J connectivity index is 4.91. The Hall–Kier alpha value is -0.700. The monoisotopic (exact) mass is 296 g/mol. The Morgan fingerprint density at radius 3 is 2.05 bits per heavy atom. The standard InChI is InChI=1S/C11H24N2O5S/c1-8(2)5-9(13-19(4,17)18)10(16)12-11(3,6-14)7-15/h8-9,13-15H,5-7H2,1-4H3,(H,12,16). The van der Waals surface area contributed by atoms with Gasteiger partial charge in [0.15, 0.2) is 0 Å². The van der Waals surface area contributed by atoms with Crippen LogP contribution >= 0.6 is 0 Å². The van der Waals surface area contributed by atoms with Crippen LogP contribution in [-0.4, -0.2) is 55.6 Å². The van der Waals surface area contributed by atoms with Gasteiger partial charge in [-0.25, -0.2) is 13.1 Å². The van der Waals surface area contributed by atoms with Crippen molar-refractivity contribution in [2.24, 2.45) is 5.92 Å². The number of aliphatic hydroxyl groups is 2. The third-order valence-corrected chi connectivity index (χ3v) is 3.22. The Morgan fingerprint density at radius 2 is 1.74 bits per heavy atom. The van der Waals surface area contributed by atoms with Gasteiger partial charge in [0.25, 0.3) is 0 Å². The molecule has 0 aromatic heterocycles. The van der Waals surface area contributed by atoms with Crippen LogP contribution < -0.4 is 10.0 Å². The van der Waals surface area contributed by atoms with E-state index in [0.29, 0.717) is 6.42 Å². The molecule has 114 valence electrons. The second-order valence-electron chi connectivity index (χ2n) is 5.44. The van der Waals surface area contributed by atoms with E-state index in [9.17, 15) is 13.2 Å². The van der Waals surface area contributed by atoms with Crippen LogP contribution in [0.4, 0.5) is 0 Å². The fourth-order valence-electron chi connectivity index (χ4n) is 1.45. The van der Waals surface area contributed by atoms with Gasteiger partial charge in [-0.3, -0.25) is 4.79 Å². The topological polar surface area (TPSA) is 116 Å². The van der Waals surface area contributed by atoms with Crippen LogP contribution in [-0.2, 0) is 14.8 Å². The van der Waals surface area contributed by atoms with Gasteiger partial charge < -0.3 is 15.5 Å². The van der Waals surface area contributed by atoms with Gasteiger partial charge in [0.05, 0.1) is 25.0 Å². The lowest BCUT2D eigenvalue weighted by Crippen LogP contribution is -2.57. The number of rotatable bonds is 8. The zero-order valence-electron chi connectivity index (χ0n) is 11.8. The van der Waals surface area contributed by atoms with Gasteiger partial charge >= 0.3 is 0 Å². The van der Waals surface area contributed by atoms with Crippen molar-refractivity contribution in [3.05, 3.63) is 0 Å². The molecular weight excluding hydrogens is 272 g/mol. The lowest BCUT2D eigenvalue weighted by atomic mass is 10.0. The highest BCUT2D eigenvalue weighted by Gasteiger charge is 2.30. The molecule has 0 fully saturated rings. The average Bonchev–Trinajstić information content (AvgIpc) is 2.25. The first-order valence-corrected chi connectivity index (χ1v) is 7.93. The summed E-state index contributed by atoms with van der Waals surface area (Å²) >= 11 is 0. The van der Waals surface area contributed by atoms with Crippen LogP contribution in [0.3, 0.4) is 0 Å². The van der Waals surface area contributed by atoms with E-state index in [-0.39, 0.29) is 5.92 Å². The van der Waals surface area contributed by atoms with E-state index in [4.69, 9.17) is 10.2 Å². The van der Waals surface area contributed by atoms with Crippen molar-refractivity contribution in [1.82, 2.24) is 10.0 Å². The van der Waals surface area contributed by atoms with Gasteiger partial charge in [0.2, 0.25) is 15.9 Å². The predicted molar refractivity (Wildman–Crippen MR) is 71.9 cm³/mol. The van der Waals surface area contributed by atoms with Gasteiger partial charge in [-0.2, -0.15) is 0 Å². The number of carbonyl (C=O) groups is 1. The number of hydrogen-bond donors (Lipinski definition) is 4. The molecule has 0 aliphatic rings. The van der Waals surface area contributed by atoms with E-state index in [0.717, 1.165) is 6.26 Å². The molecule has 0 rings (SSSR count). The number of carbonyl (C=O) groups excluding carboxylic acids is 1. The molecule has 19 heavy (non-hydrogen) atoms. The summed E-state index contributed by atoms with van der Waals surface area (Å²) in [4.78, 5) is 12.0. The molecular formula is C11H24N2O5S. The van der Waals surface area contributed by atoms with E-state index < -0.39 is 40.7 Å². The number of hydrogen-bond acceptors (Lipinski definition) is 5. The maximum atomic E-state index is 12.0. The van der Waals surface area contributed by atoms with Crippen molar-refractivity contribution in [3.8, 4) is 0 Å². The van der Waals surface area contributed by atoms with E-state index in [1.807, 2.05) is 13.8 Å². The third-order valence-electron chi connectivity index (χ3n) is 2.50. The molecule has 0 radical (unpaired) electrons. The lowest BCUT2D eigenvalue weighted by molar-refractivity contribution is -0.126. The lowest BCUT2D eigenvalue weighted by Gasteiger charge is -2.29. The van der Waals surface area contributed by atoms with Crippen molar-refractivity contribution < 1.29 is 23.4 Å². The van der Waals surface area contributed by atoms with Crippen LogP contribution in [0, 0.1) is 5.92 Å². The molecule has 0 aromatic rings. The molecule has 0 aliphatic heterocycles. The second kappa shape index (κ2) is 7.18. The normalized spacial score (nSPS) is 14.5. The van der Waals surface area contributed by atoms with E-state index >= 15 is 0 Å². The Kier molecular flexibility index (Phi) is 6.92. The minimum absolute atomic E-state index is 0.111. The summed E-state index contributed by atoms with van der Waals surface area (Å²) in [6.45, 7) is 4.31. The maximum Gasteiger partial charge on any atom is 0.238 e. The Morgan fingerprint density at radius 1 is 1.26 bits per heavy atom. The number of amides is 1. The van der Waals surface area contributed by atoms with Crippen molar-refractivity contribution in [3.63, 3.8) is 0 Å². The summed E-state index contributed by atoms with van der Waals surface area (Å²) in [5.41, 5.74) is -1.18. The number of nitrogens with one attached hydrogen (secondary N) is 2. The largest absolute Gasteiger partial charge is 0.394 e. The first-order valence-electron chi connectivity index (χ1n) is 6.04. The molecule has 0 spiro atoms. The smallest absolute Gasteiger partial charge is 0.238 e. The molecule has 8 heteroatoms. The van der Waals surface area contributed by atoms with Crippen LogP contribution in [0.2, 0.25) is 0 Å². The molecule has 1 unspecified atom stereocenters. The van der Waals surface area contributed by atoms with Crippen LogP contribution in [0.15, 0.2) is 0 Å². The minimum atomic E-state index is -3.52. The average molecular weight is 296 g/mol. The molecule has 1 amide bonds. The summed E-state index contributed by atoms with van der Waals surface area (Å²) in [6, 6.07) is -0.924. The summed E-state index contributed by atoms with van der Waals surface area (Å²) in [7, 11) is -3.52. The molecule has 4 N–H and O–H groups in total. The number of sulfonamides is 1. The van der Waals surface area contributed by atoms with E-state index in [2.05, 4.69) is 10.0 Å². The van der Waals surface area contributed by atoms with Gasteiger partial charge in [-0.1, -0.05) is 13.8 Å². The maximum absolute atomic E-state index is 12.0. The SMILES string of the molecule is CC(C)CC(NS(C)(=O)=O)C(=O)NC(C)(CO)CO. The molecule has 1 atom stereocenters. The molecule has 0 heterocycles. The van der Waals surface area contributed by atoms with Gasteiger partial charge in [0.1, 0.15) is 6.04 Å². The highest BCUT2D eigenvalue weighted by Crippen LogP contribution is 2.08. The second-order valence-corrected chi connectivity index (χ2v) is 7.22. The Labute approximate surface area is 114 Å². The minimum Gasteiger partial charge on any atom is -0.394 e. The highest BCUT2D eigenvalue weighted by molar-refractivity contribution is 7.88. The van der Waals surface area contributed by atoms with E-state index in [1.165, 1.54) is 6.92 Å². The molecule has 0 saturated carbocycles. The van der Waals surface area contributed by atoms with Gasteiger partial charge in [-0.15, -0.1) is 0 Å². The van der Waals surface area contributed by atoms with Gasteiger partial charge in [0, 0.05) is 0 Å².